The van der Waals surface area contributed by atoms with E-state index in [1.165, 1.54) is 0 Å². The number of nitrogens with zero attached hydrogens (tertiary/aromatic N) is 4. The lowest BCUT2D eigenvalue weighted by Gasteiger charge is -2.42. The molecule has 2 saturated heterocycles. The summed E-state index contributed by atoms with van der Waals surface area (Å²) in [6.45, 7) is 4.30. The molecule has 1 aromatic heterocycles. The molecule has 3 aliphatic heterocycles. The van der Waals surface area contributed by atoms with Crippen LogP contribution in [0.2, 0.25) is 0 Å². The minimum atomic E-state index is -4.43. The van der Waals surface area contributed by atoms with Crippen molar-refractivity contribution in [2.45, 2.75) is 63.4 Å². The Labute approximate surface area is 165 Å². The zero-order valence-corrected chi connectivity index (χ0v) is 16.3. The van der Waals surface area contributed by atoms with E-state index in [0.717, 1.165) is 11.0 Å². The summed E-state index contributed by atoms with van der Waals surface area (Å²) >= 11 is 0. The van der Waals surface area contributed by atoms with Gasteiger partial charge in [-0.15, -0.1) is 0 Å². The van der Waals surface area contributed by atoms with Crippen molar-refractivity contribution in [3.8, 4) is 0 Å². The molecule has 0 spiro atoms. The maximum absolute atomic E-state index is 13.5. The lowest BCUT2D eigenvalue weighted by molar-refractivity contribution is -0.175. The van der Waals surface area contributed by atoms with Gasteiger partial charge in [-0.2, -0.15) is 23.3 Å². The number of carbonyl (C=O) groups is 2. The number of rotatable bonds is 2. The normalized spacial score (nSPS) is 31.8. The standard InChI is InChI=1S/C18H24F3N5O3/c1-17(2)11(6-14(27)29-17)15(28)25-5-3-4-10(8-25)12-7-13(18(19,20)21)26-16(24-12)22-9-23-26/h9-13H,3-8H2,1-2H3,(H,22,23,24)/t10-,11+,12-,13+/m0/s1. The van der Waals surface area contributed by atoms with Gasteiger partial charge in [0.25, 0.3) is 0 Å². The second-order valence-corrected chi connectivity index (χ2v) is 8.59. The zero-order valence-electron chi connectivity index (χ0n) is 16.3. The summed E-state index contributed by atoms with van der Waals surface area (Å²) in [5.41, 5.74) is -0.873. The van der Waals surface area contributed by atoms with Gasteiger partial charge in [-0.3, -0.25) is 9.59 Å². The number of fused-ring (bicyclic) bond motifs is 1. The van der Waals surface area contributed by atoms with Gasteiger partial charge >= 0.3 is 12.1 Å². The number of esters is 1. The van der Waals surface area contributed by atoms with Crippen molar-refractivity contribution in [3.63, 3.8) is 0 Å². The number of hydrogen-bond acceptors (Lipinski definition) is 6. The number of piperidine rings is 1. The number of anilines is 1. The van der Waals surface area contributed by atoms with E-state index in [2.05, 4.69) is 15.4 Å². The Hall–Kier alpha value is -2.33. The van der Waals surface area contributed by atoms with Crippen LogP contribution in [0.5, 0.6) is 0 Å². The van der Waals surface area contributed by atoms with E-state index in [1.807, 2.05) is 0 Å². The molecule has 11 heteroatoms. The molecule has 0 saturated carbocycles. The molecule has 1 amide bonds. The van der Waals surface area contributed by atoms with E-state index in [1.54, 1.807) is 18.7 Å². The molecule has 3 aliphatic rings. The summed E-state index contributed by atoms with van der Waals surface area (Å²) in [6, 6.07) is -2.21. The third kappa shape index (κ3) is 3.66. The monoisotopic (exact) mass is 415 g/mol. The molecule has 4 atom stereocenters. The maximum Gasteiger partial charge on any atom is 0.411 e. The maximum atomic E-state index is 13.5. The Balaban J connectivity index is 1.49. The first kappa shape index (κ1) is 20.0. The number of cyclic esters (lactones) is 1. The number of halogens is 3. The van der Waals surface area contributed by atoms with Crippen molar-refractivity contribution in [1.82, 2.24) is 19.7 Å². The highest BCUT2D eigenvalue weighted by molar-refractivity contribution is 5.87. The zero-order chi connectivity index (χ0) is 21.0. The van der Waals surface area contributed by atoms with E-state index in [-0.39, 0.29) is 30.6 Å². The number of amides is 1. The van der Waals surface area contributed by atoms with Crippen molar-refractivity contribution in [2.24, 2.45) is 11.8 Å². The first-order valence-electron chi connectivity index (χ1n) is 9.79. The van der Waals surface area contributed by atoms with Gasteiger partial charge in [0.15, 0.2) is 6.04 Å². The number of aromatic nitrogens is 3. The van der Waals surface area contributed by atoms with Gasteiger partial charge in [0.1, 0.15) is 11.9 Å². The smallest absolute Gasteiger partial charge is 0.411 e. The van der Waals surface area contributed by atoms with E-state index in [9.17, 15) is 22.8 Å². The molecule has 0 aliphatic carbocycles. The van der Waals surface area contributed by atoms with Gasteiger partial charge in [0, 0.05) is 19.1 Å². The van der Waals surface area contributed by atoms with Gasteiger partial charge in [0.2, 0.25) is 11.9 Å². The topological polar surface area (TPSA) is 89.4 Å². The van der Waals surface area contributed by atoms with Crippen LogP contribution < -0.4 is 5.32 Å². The average molecular weight is 415 g/mol. The fourth-order valence-corrected chi connectivity index (χ4v) is 4.69. The van der Waals surface area contributed by atoms with Crippen LogP contribution in [0.1, 0.15) is 45.6 Å². The molecule has 4 rings (SSSR count). The Morgan fingerprint density at radius 3 is 2.79 bits per heavy atom. The number of nitrogens with one attached hydrogen (secondary N) is 1. The van der Waals surface area contributed by atoms with Crippen LogP contribution in [0.15, 0.2) is 6.33 Å². The van der Waals surface area contributed by atoms with Crippen molar-refractivity contribution >= 4 is 17.8 Å². The van der Waals surface area contributed by atoms with Gasteiger partial charge in [0.05, 0.1) is 12.3 Å². The summed E-state index contributed by atoms with van der Waals surface area (Å²) in [5, 5.41) is 6.79. The van der Waals surface area contributed by atoms with Crippen LogP contribution in [0, 0.1) is 11.8 Å². The number of likely N-dealkylation sites (tertiary alicyclic amines) is 1. The molecular weight excluding hydrogens is 391 g/mol. The Kier molecular flexibility index (Phi) is 4.73. The predicted molar refractivity (Wildman–Crippen MR) is 94.7 cm³/mol. The molecule has 2 fully saturated rings. The Bertz CT molecular complexity index is 809. The van der Waals surface area contributed by atoms with E-state index < -0.39 is 35.7 Å². The molecule has 4 heterocycles. The molecule has 0 radical (unpaired) electrons. The lowest BCUT2D eigenvalue weighted by atomic mass is 9.84. The first-order valence-corrected chi connectivity index (χ1v) is 9.79. The average Bonchev–Trinajstić information content (AvgIpc) is 3.22. The highest BCUT2D eigenvalue weighted by atomic mass is 19.4. The van der Waals surface area contributed by atoms with Crippen molar-refractivity contribution in [1.29, 1.82) is 0 Å². The fraction of sp³-hybridized carbons (Fsp3) is 0.778. The quantitative estimate of drug-likeness (QED) is 0.745. The minimum absolute atomic E-state index is 0.0356. The summed E-state index contributed by atoms with van der Waals surface area (Å²) < 4.78 is 46.8. The van der Waals surface area contributed by atoms with Crippen LogP contribution in [0.4, 0.5) is 19.1 Å². The third-order valence-electron chi connectivity index (χ3n) is 6.26. The van der Waals surface area contributed by atoms with Crippen molar-refractivity contribution < 1.29 is 27.5 Å². The number of ether oxygens (including phenoxy) is 1. The SMILES string of the molecule is CC1(C)OC(=O)C[C@@H]1C(=O)N1CCC[C@H]([C@@H]2C[C@H](C(F)(F)F)n3ncnc3N2)C1. The largest absolute Gasteiger partial charge is 0.459 e. The highest BCUT2D eigenvalue weighted by Crippen LogP contribution is 2.41. The van der Waals surface area contributed by atoms with Crippen LogP contribution in [0.25, 0.3) is 0 Å². The molecule has 0 unspecified atom stereocenters. The summed E-state index contributed by atoms with van der Waals surface area (Å²) in [7, 11) is 0. The molecule has 1 aromatic rings. The second-order valence-electron chi connectivity index (χ2n) is 8.59. The Morgan fingerprint density at radius 1 is 1.38 bits per heavy atom. The number of carbonyl (C=O) groups excluding carboxylic acids is 2. The second kappa shape index (κ2) is 6.88. The van der Waals surface area contributed by atoms with Crippen molar-refractivity contribution in [2.75, 3.05) is 18.4 Å². The van der Waals surface area contributed by atoms with Gasteiger partial charge in [-0.25, -0.2) is 4.68 Å². The van der Waals surface area contributed by atoms with E-state index in [0.29, 0.717) is 25.9 Å². The third-order valence-corrected chi connectivity index (χ3v) is 6.26. The number of alkyl halides is 3. The van der Waals surface area contributed by atoms with Crippen LogP contribution in [-0.4, -0.2) is 62.4 Å². The molecular formula is C18H24F3N5O3. The predicted octanol–water partition coefficient (Wildman–Crippen LogP) is 2.15. The van der Waals surface area contributed by atoms with Gasteiger partial charge in [-0.05, 0) is 39.0 Å². The summed E-state index contributed by atoms with van der Waals surface area (Å²) in [5.74, 6) is -1.19. The Morgan fingerprint density at radius 2 is 2.14 bits per heavy atom. The summed E-state index contributed by atoms with van der Waals surface area (Å²) in [4.78, 5) is 30.3. The fourth-order valence-electron chi connectivity index (χ4n) is 4.69. The van der Waals surface area contributed by atoms with E-state index in [4.69, 9.17) is 4.74 Å². The van der Waals surface area contributed by atoms with Crippen molar-refractivity contribution in [3.05, 3.63) is 6.33 Å². The van der Waals surface area contributed by atoms with Gasteiger partial charge < -0.3 is 15.0 Å². The first-order chi connectivity index (χ1) is 13.6. The molecule has 0 bridgehead atoms. The lowest BCUT2D eigenvalue weighted by Crippen LogP contribution is -2.51. The van der Waals surface area contributed by atoms with Crippen LogP contribution in [-0.2, 0) is 14.3 Å². The summed E-state index contributed by atoms with van der Waals surface area (Å²) in [6.07, 6.45) is -2.04. The molecule has 8 nitrogen and oxygen atoms in total. The molecule has 160 valence electrons. The highest BCUT2D eigenvalue weighted by Gasteiger charge is 2.50. The van der Waals surface area contributed by atoms with Crippen LogP contribution in [0.3, 0.4) is 0 Å². The van der Waals surface area contributed by atoms with Gasteiger partial charge in [-0.1, -0.05) is 0 Å². The van der Waals surface area contributed by atoms with Crippen LogP contribution >= 0.6 is 0 Å². The number of hydrogen-bond donors (Lipinski definition) is 1. The minimum Gasteiger partial charge on any atom is -0.459 e. The molecule has 0 aromatic carbocycles. The molecule has 1 N–H and O–H groups in total. The molecule has 29 heavy (non-hydrogen) atoms. The van der Waals surface area contributed by atoms with E-state index >= 15 is 0 Å².